The molecule has 3 aromatic rings. The number of ether oxygens (including phenoxy) is 2. The molecule has 1 aliphatic rings. The third kappa shape index (κ3) is 3.55. The zero-order chi connectivity index (χ0) is 22.1. The fourth-order valence-electron chi connectivity index (χ4n) is 3.61. The van der Waals surface area contributed by atoms with E-state index in [0.717, 1.165) is 5.56 Å². The molecule has 8 heteroatoms. The van der Waals surface area contributed by atoms with E-state index in [2.05, 4.69) is 4.99 Å². The van der Waals surface area contributed by atoms with Gasteiger partial charge < -0.3 is 14.6 Å². The number of allylic oxidation sites excluding steroid dienone is 1. The van der Waals surface area contributed by atoms with Gasteiger partial charge in [0.2, 0.25) is 0 Å². The molecule has 1 aromatic heterocycles. The van der Waals surface area contributed by atoms with Crippen molar-refractivity contribution in [2.24, 2.45) is 4.99 Å². The van der Waals surface area contributed by atoms with Gasteiger partial charge in [0.1, 0.15) is 0 Å². The Labute approximate surface area is 181 Å². The predicted molar refractivity (Wildman–Crippen MR) is 117 cm³/mol. The Morgan fingerprint density at radius 2 is 1.90 bits per heavy atom. The van der Waals surface area contributed by atoms with E-state index in [0.29, 0.717) is 31.9 Å². The van der Waals surface area contributed by atoms with Crippen molar-refractivity contribution in [2.45, 2.75) is 13.0 Å². The molecule has 2 aromatic carbocycles. The zero-order valence-electron chi connectivity index (χ0n) is 17.2. The fraction of sp³-hybridized carbons (Fsp3) is 0.174. The highest BCUT2D eigenvalue weighted by Crippen LogP contribution is 2.31. The summed E-state index contributed by atoms with van der Waals surface area (Å²) in [7, 11) is 2.77. The number of fused-ring (bicyclic) bond motifs is 1. The van der Waals surface area contributed by atoms with Crippen molar-refractivity contribution in [3.05, 3.63) is 90.6 Å². The van der Waals surface area contributed by atoms with Crippen LogP contribution in [-0.2, 0) is 9.53 Å². The molecule has 0 bridgehead atoms. The molecule has 0 saturated carbocycles. The molecule has 1 N–H and O–H groups in total. The highest BCUT2D eigenvalue weighted by Gasteiger charge is 2.32. The van der Waals surface area contributed by atoms with E-state index in [1.807, 2.05) is 30.3 Å². The Hall–Kier alpha value is -3.65. The second-order valence-corrected chi connectivity index (χ2v) is 7.89. The molecular weight excluding hydrogens is 416 g/mol. The number of thiazole rings is 1. The standard InChI is InChI=1S/C23H20N2O5S/c1-13-18(22(28)30-3)19(14-8-5-4-6-9-14)25-21(27)17(31-23(25)24-13)12-15-10-7-11-16(29-2)20(15)26/h4-12,19,26H,1-3H3/b17-12+/t19-/m1/s1. The molecule has 0 amide bonds. The number of methoxy groups -OCH3 is 2. The number of aromatic nitrogens is 1. The van der Waals surface area contributed by atoms with Gasteiger partial charge in [-0.2, -0.15) is 0 Å². The Morgan fingerprint density at radius 1 is 1.16 bits per heavy atom. The van der Waals surface area contributed by atoms with Crippen LogP contribution in [0.5, 0.6) is 11.5 Å². The quantitative estimate of drug-likeness (QED) is 0.633. The third-order valence-electron chi connectivity index (χ3n) is 5.08. The van der Waals surface area contributed by atoms with E-state index < -0.39 is 12.0 Å². The van der Waals surface area contributed by atoms with Crippen molar-refractivity contribution in [2.75, 3.05) is 14.2 Å². The molecule has 0 spiro atoms. The number of hydrogen-bond donors (Lipinski definition) is 1. The largest absolute Gasteiger partial charge is 0.504 e. The lowest BCUT2D eigenvalue weighted by Crippen LogP contribution is -2.39. The van der Waals surface area contributed by atoms with Crippen LogP contribution in [0.4, 0.5) is 0 Å². The van der Waals surface area contributed by atoms with Gasteiger partial charge in [-0.1, -0.05) is 53.8 Å². The first kappa shape index (κ1) is 20.6. The normalized spacial score (nSPS) is 16.0. The van der Waals surface area contributed by atoms with Crippen LogP contribution in [-0.4, -0.2) is 29.9 Å². The minimum absolute atomic E-state index is 0.0538. The number of carbonyl (C=O) groups excluding carboxylic acids is 1. The van der Waals surface area contributed by atoms with Gasteiger partial charge in [0.15, 0.2) is 16.3 Å². The number of esters is 1. The van der Waals surface area contributed by atoms with Gasteiger partial charge in [0.05, 0.1) is 36.1 Å². The summed E-state index contributed by atoms with van der Waals surface area (Å²) in [6.45, 7) is 1.73. The van der Waals surface area contributed by atoms with Gasteiger partial charge in [0, 0.05) is 5.56 Å². The molecule has 0 aliphatic carbocycles. The van der Waals surface area contributed by atoms with Crippen LogP contribution in [0.1, 0.15) is 24.1 Å². The number of rotatable bonds is 4. The number of benzene rings is 2. The van der Waals surface area contributed by atoms with E-state index in [1.54, 1.807) is 31.2 Å². The van der Waals surface area contributed by atoms with Crippen molar-refractivity contribution in [3.8, 4) is 11.5 Å². The molecule has 31 heavy (non-hydrogen) atoms. The van der Waals surface area contributed by atoms with Crippen LogP contribution in [0.15, 0.2) is 69.6 Å². The van der Waals surface area contributed by atoms with E-state index >= 15 is 0 Å². The first-order valence-electron chi connectivity index (χ1n) is 9.48. The smallest absolute Gasteiger partial charge is 0.338 e. The second-order valence-electron chi connectivity index (χ2n) is 6.88. The molecule has 1 aliphatic heterocycles. The maximum absolute atomic E-state index is 13.4. The predicted octanol–water partition coefficient (Wildman–Crippen LogP) is 2.12. The van der Waals surface area contributed by atoms with Crippen molar-refractivity contribution in [1.82, 2.24) is 4.57 Å². The number of hydrogen-bond acceptors (Lipinski definition) is 7. The van der Waals surface area contributed by atoms with Gasteiger partial charge in [-0.25, -0.2) is 9.79 Å². The van der Waals surface area contributed by atoms with Crippen molar-refractivity contribution < 1.29 is 19.4 Å². The summed E-state index contributed by atoms with van der Waals surface area (Å²) in [4.78, 5) is 31.0. The lowest BCUT2D eigenvalue weighted by atomic mass is 9.96. The van der Waals surface area contributed by atoms with Gasteiger partial charge in [0.25, 0.3) is 5.56 Å². The summed E-state index contributed by atoms with van der Waals surface area (Å²) in [5.41, 5.74) is 1.72. The van der Waals surface area contributed by atoms with E-state index in [4.69, 9.17) is 9.47 Å². The maximum Gasteiger partial charge on any atom is 0.338 e. The van der Waals surface area contributed by atoms with Crippen molar-refractivity contribution >= 4 is 23.4 Å². The van der Waals surface area contributed by atoms with Gasteiger partial charge in [-0.15, -0.1) is 0 Å². The number of aromatic hydroxyl groups is 1. The third-order valence-corrected chi connectivity index (χ3v) is 6.06. The Bertz CT molecular complexity index is 1370. The summed E-state index contributed by atoms with van der Waals surface area (Å²) >= 11 is 1.19. The van der Waals surface area contributed by atoms with Gasteiger partial charge in [-0.3, -0.25) is 9.36 Å². The minimum atomic E-state index is -0.661. The summed E-state index contributed by atoms with van der Waals surface area (Å²) in [6, 6.07) is 13.7. The number of phenols is 1. The maximum atomic E-state index is 13.4. The van der Waals surface area contributed by atoms with Crippen LogP contribution >= 0.6 is 11.3 Å². The summed E-state index contributed by atoms with van der Waals surface area (Å²) in [5, 5.41) is 10.4. The highest BCUT2D eigenvalue weighted by molar-refractivity contribution is 7.07. The van der Waals surface area contributed by atoms with Crippen molar-refractivity contribution in [3.63, 3.8) is 0 Å². The molecule has 0 unspecified atom stereocenters. The summed E-state index contributed by atoms with van der Waals surface area (Å²) in [6.07, 6.45) is 1.60. The molecule has 0 radical (unpaired) electrons. The van der Waals surface area contributed by atoms with Crippen LogP contribution in [0, 0.1) is 0 Å². The molecular formula is C23H20N2O5S. The van der Waals surface area contributed by atoms with Gasteiger partial charge in [-0.05, 0) is 24.6 Å². The average molecular weight is 436 g/mol. The van der Waals surface area contributed by atoms with Crippen LogP contribution in [0.2, 0.25) is 0 Å². The van der Waals surface area contributed by atoms with Crippen molar-refractivity contribution in [1.29, 1.82) is 0 Å². The zero-order valence-corrected chi connectivity index (χ0v) is 18.0. The second kappa shape index (κ2) is 8.23. The number of para-hydroxylation sites is 1. The molecule has 0 fully saturated rings. The summed E-state index contributed by atoms with van der Waals surface area (Å²) < 4.78 is 12.0. The van der Waals surface area contributed by atoms with E-state index in [9.17, 15) is 14.7 Å². The Kier molecular flexibility index (Phi) is 5.48. The topological polar surface area (TPSA) is 90.1 Å². The molecule has 158 valence electrons. The Morgan fingerprint density at radius 3 is 2.58 bits per heavy atom. The first-order chi connectivity index (χ1) is 15.0. The fourth-order valence-corrected chi connectivity index (χ4v) is 4.64. The average Bonchev–Trinajstić information content (AvgIpc) is 3.09. The monoisotopic (exact) mass is 436 g/mol. The molecule has 2 heterocycles. The van der Waals surface area contributed by atoms with Crippen LogP contribution in [0.3, 0.4) is 0 Å². The van der Waals surface area contributed by atoms with Crippen LogP contribution in [0.25, 0.3) is 6.08 Å². The number of phenolic OH excluding ortho intramolecular Hbond substituents is 1. The van der Waals surface area contributed by atoms with Crippen LogP contribution < -0.4 is 19.6 Å². The van der Waals surface area contributed by atoms with E-state index in [1.165, 1.54) is 30.1 Å². The number of nitrogens with zero attached hydrogens (tertiary/aromatic N) is 2. The SMILES string of the molecule is COC(=O)C1=C(C)N=c2s/c(=C/c3cccc(OC)c3O)c(=O)n2[C@@H]1c1ccccc1. The molecule has 0 saturated heterocycles. The summed E-state index contributed by atoms with van der Waals surface area (Å²) in [5.74, 6) is -0.274. The Balaban J connectivity index is 1.98. The lowest BCUT2D eigenvalue weighted by molar-refractivity contribution is -0.136. The molecule has 1 atom stereocenters. The first-order valence-corrected chi connectivity index (χ1v) is 10.3. The lowest BCUT2D eigenvalue weighted by Gasteiger charge is -2.24. The number of carbonyl (C=O) groups is 1. The molecule has 4 rings (SSSR count). The highest BCUT2D eigenvalue weighted by atomic mass is 32.1. The minimum Gasteiger partial charge on any atom is -0.504 e. The van der Waals surface area contributed by atoms with E-state index in [-0.39, 0.29) is 11.3 Å². The molecule has 7 nitrogen and oxygen atoms in total. The van der Waals surface area contributed by atoms with Gasteiger partial charge >= 0.3 is 5.97 Å².